The minimum atomic E-state index is -3.99. The van der Waals surface area contributed by atoms with Gasteiger partial charge in [-0.1, -0.05) is 36.7 Å². The lowest BCUT2D eigenvalue weighted by molar-refractivity contribution is 0.0980. The summed E-state index contributed by atoms with van der Waals surface area (Å²) < 4.78 is 42.5. The van der Waals surface area contributed by atoms with Crippen molar-refractivity contribution in [3.8, 4) is 5.75 Å². The Morgan fingerprint density at radius 1 is 1.06 bits per heavy atom. The van der Waals surface area contributed by atoms with Crippen LogP contribution in [0.25, 0.3) is 0 Å². The van der Waals surface area contributed by atoms with Crippen molar-refractivity contribution in [2.45, 2.75) is 74.7 Å². The van der Waals surface area contributed by atoms with Crippen molar-refractivity contribution in [1.82, 2.24) is 4.72 Å². The Kier molecular flexibility index (Phi) is 12.3. The number of ether oxygens (including phenoxy) is 2. The first-order valence-electron chi connectivity index (χ1n) is 17.5. The van der Waals surface area contributed by atoms with Gasteiger partial charge in [0.2, 0.25) is 10.0 Å². The van der Waals surface area contributed by atoms with Crippen LogP contribution in [0.15, 0.2) is 48.6 Å². The first-order chi connectivity index (χ1) is 23.2. The Morgan fingerprint density at radius 3 is 2.67 bits per heavy atom. The number of thioether (sulfide) groups is 2. The SMILES string of the molecule is COCC[C@@H]1[C@@H](C)C/C=C/[C@H](C2SCCCS2)[C@@H]2CC[C@H]2CN2CCCCc3cc(Cl)ccc3COc3ccc(cc32)C(=O)NS1(=O)=O. The fourth-order valence-corrected chi connectivity index (χ4v) is 12.8. The van der Waals surface area contributed by atoms with Gasteiger partial charge < -0.3 is 14.4 Å². The second-order valence-corrected chi connectivity index (χ2v) is 18.9. The van der Waals surface area contributed by atoms with Crippen LogP contribution in [-0.4, -0.2) is 62.5 Å². The molecule has 0 spiro atoms. The summed E-state index contributed by atoms with van der Waals surface area (Å²) in [5, 5.41) is -0.0333. The molecule has 7 nitrogen and oxygen atoms in total. The van der Waals surface area contributed by atoms with Crippen molar-refractivity contribution in [1.29, 1.82) is 0 Å². The summed E-state index contributed by atoms with van der Waals surface area (Å²) in [6, 6.07) is 11.4. The summed E-state index contributed by atoms with van der Waals surface area (Å²) in [5.41, 5.74) is 3.48. The summed E-state index contributed by atoms with van der Waals surface area (Å²) in [4.78, 5) is 16.1. The Balaban J connectivity index is 1.39. The number of nitrogens with zero attached hydrogens (tertiary/aromatic N) is 1. The smallest absolute Gasteiger partial charge is 0.264 e. The number of amides is 1. The Morgan fingerprint density at radius 2 is 1.90 bits per heavy atom. The normalized spacial score (nSPS) is 29.2. The maximum Gasteiger partial charge on any atom is 0.264 e. The van der Waals surface area contributed by atoms with Gasteiger partial charge in [0.15, 0.2) is 0 Å². The summed E-state index contributed by atoms with van der Waals surface area (Å²) in [7, 11) is -2.41. The molecule has 1 aliphatic carbocycles. The second kappa shape index (κ2) is 16.4. The standard InChI is InChI=1S/C37H49ClN2O5S3/c1-25-7-5-9-32(37-46-19-6-20-47-37)31-14-11-28(31)23-40-17-4-3-8-26-21-30(38)13-10-29(26)24-45-34-15-12-27(22-33(34)40)36(41)39-48(42,43)35(25)16-18-44-2/h5,9-10,12-13,15,21-22,25,28,31-32,35,37H,3-4,6-8,11,14,16-20,23-24H2,1-2H3,(H,39,41)/b9-5+/t25-,28-,31+,32-,35+/m0/s1. The van der Waals surface area contributed by atoms with Crippen LogP contribution < -0.4 is 14.4 Å². The van der Waals surface area contributed by atoms with Gasteiger partial charge in [-0.05, 0) is 122 Å². The molecule has 3 heterocycles. The van der Waals surface area contributed by atoms with E-state index in [1.54, 1.807) is 13.2 Å². The highest BCUT2D eigenvalue weighted by Crippen LogP contribution is 2.49. The number of rotatable bonds is 4. The van der Waals surface area contributed by atoms with E-state index in [9.17, 15) is 13.2 Å². The van der Waals surface area contributed by atoms with Crippen LogP contribution in [0, 0.1) is 23.7 Å². The van der Waals surface area contributed by atoms with Crippen LogP contribution in [0.3, 0.4) is 0 Å². The highest BCUT2D eigenvalue weighted by molar-refractivity contribution is 8.17. The molecule has 2 aromatic carbocycles. The monoisotopic (exact) mass is 732 g/mol. The van der Waals surface area contributed by atoms with E-state index >= 15 is 0 Å². The highest BCUT2D eigenvalue weighted by atomic mass is 35.5. The summed E-state index contributed by atoms with van der Waals surface area (Å²) >= 11 is 10.6. The maximum absolute atomic E-state index is 13.8. The number of anilines is 1. The highest BCUT2D eigenvalue weighted by Gasteiger charge is 2.41. The molecule has 262 valence electrons. The lowest BCUT2D eigenvalue weighted by atomic mass is 9.67. The number of fused-ring (bicyclic) bond motifs is 3. The molecule has 3 aliphatic heterocycles. The second-order valence-electron chi connectivity index (χ2n) is 13.8. The zero-order valence-electron chi connectivity index (χ0n) is 28.1. The quantitative estimate of drug-likeness (QED) is 0.317. The van der Waals surface area contributed by atoms with Crippen molar-refractivity contribution in [2.75, 3.05) is 43.2 Å². The minimum absolute atomic E-state index is 0.187. The van der Waals surface area contributed by atoms with Crippen LogP contribution in [0.4, 0.5) is 5.69 Å². The number of sulfonamides is 1. The van der Waals surface area contributed by atoms with E-state index in [2.05, 4.69) is 45.3 Å². The largest absolute Gasteiger partial charge is 0.487 e. The molecule has 48 heavy (non-hydrogen) atoms. The topological polar surface area (TPSA) is 84.9 Å². The zero-order valence-corrected chi connectivity index (χ0v) is 31.3. The van der Waals surface area contributed by atoms with Gasteiger partial charge in [0.1, 0.15) is 12.4 Å². The van der Waals surface area contributed by atoms with E-state index in [0.29, 0.717) is 59.7 Å². The average molecular weight is 733 g/mol. The van der Waals surface area contributed by atoms with Crippen molar-refractivity contribution in [3.63, 3.8) is 0 Å². The van der Waals surface area contributed by atoms with Crippen molar-refractivity contribution >= 4 is 56.7 Å². The number of methoxy groups -OCH3 is 1. The van der Waals surface area contributed by atoms with Crippen LogP contribution in [0.1, 0.15) is 73.4 Å². The van der Waals surface area contributed by atoms with Gasteiger partial charge >= 0.3 is 0 Å². The molecular weight excluding hydrogens is 684 g/mol. The molecule has 0 unspecified atom stereocenters. The number of nitrogens with one attached hydrogen (secondary N) is 1. The average Bonchev–Trinajstić information content (AvgIpc) is 3.09. The third kappa shape index (κ3) is 8.53. The molecule has 0 radical (unpaired) electrons. The summed E-state index contributed by atoms with van der Waals surface area (Å²) in [5.74, 6) is 3.80. The van der Waals surface area contributed by atoms with Crippen LogP contribution in [-0.2, 0) is 27.8 Å². The molecule has 2 fully saturated rings. The number of hydrogen-bond acceptors (Lipinski definition) is 8. The first-order valence-corrected chi connectivity index (χ1v) is 21.5. The number of aryl methyl sites for hydroxylation is 1. The molecule has 0 aromatic heterocycles. The first kappa shape index (κ1) is 36.0. The molecule has 11 heteroatoms. The lowest BCUT2D eigenvalue weighted by Crippen LogP contribution is -2.44. The molecule has 1 N–H and O–H groups in total. The zero-order chi connectivity index (χ0) is 33.7. The van der Waals surface area contributed by atoms with Gasteiger partial charge in [-0.3, -0.25) is 4.79 Å². The number of hydrogen-bond donors (Lipinski definition) is 1. The molecule has 1 saturated heterocycles. The van der Waals surface area contributed by atoms with Gasteiger partial charge in [-0.15, -0.1) is 23.5 Å². The molecule has 2 bridgehead atoms. The molecule has 1 amide bonds. The Bertz CT molecular complexity index is 1560. The van der Waals surface area contributed by atoms with E-state index in [1.165, 1.54) is 36.3 Å². The number of halogens is 1. The fourth-order valence-electron chi connectivity index (χ4n) is 7.70. The van der Waals surface area contributed by atoms with E-state index in [0.717, 1.165) is 48.6 Å². The van der Waals surface area contributed by atoms with E-state index in [-0.39, 0.29) is 5.92 Å². The number of carbonyl (C=O) groups is 1. The van der Waals surface area contributed by atoms with Gasteiger partial charge in [-0.25, -0.2) is 13.1 Å². The van der Waals surface area contributed by atoms with E-state index < -0.39 is 21.2 Å². The summed E-state index contributed by atoms with van der Waals surface area (Å²) in [6.45, 7) is 4.37. The molecule has 1 saturated carbocycles. The number of carbonyl (C=O) groups excluding carboxylic acids is 1. The fraction of sp³-hybridized carbons (Fsp3) is 0.595. The maximum atomic E-state index is 13.8. The van der Waals surface area contributed by atoms with Crippen molar-refractivity contribution in [2.24, 2.45) is 23.7 Å². The predicted octanol–water partition coefficient (Wildman–Crippen LogP) is 7.96. The van der Waals surface area contributed by atoms with Gasteiger partial charge in [0.05, 0.1) is 15.5 Å². The third-order valence-electron chi connectivity index (χ3n) is 10.6. The van der Waals surface area contributed by atoms with Crippen molar-refractivity contribution in [3.05, 3.63) is 70.3 Å². The number of benzene rings is 2. The van der Waals surface area contributed by atoms with Crippen molar-refractivity contribution < 1.29 is 22.7 Å². The molecule has 2 aromatic rings. The van der Waals surface area contributed by atoms with Crippen LogP contribution in [0.5, 0.6) is 5.75 Å². The molecule has 5 atom stereocenters. The third-order valence-corrected chi connectivity index (χ3v) is 15.9. The Labute approximate surface area is 300 Å². The van der Waals surface area contributed by atoms with E-state index in [4.69, 9.17) is 21.1 Å². The van der Waals surface area contributed by atoms with Gasteiger partial charge in [-0.2, -0.15) is 0 Å². The van der Waals surface area contributed by atoms with E-state index in [1.807, 2.05) is 37.3 Å². The molecule has 4 aliphatic rings. The van der Waals surface area contributed by atoms with Gasteiger partial charge in [0, 0.05) is 43.3 Å². The Hall–Kier alpha value is -1.85. The molecule has 6 rings (SSSR count). The minimum Gasteiger partial charge on any atom is -0.487 e. The molecular formula is C37H49ClN2O5S3. The van der Waals surface area contributed by atoms with Crippen LogP contribution >= 0.6 is 35.1 Å². The summed E-state index contributed by atoms with van der Waals surface area (Å²) in [6.07, 6.45) is 12.1. The lowest BCUT2D eigenvalue weighted by Gasteiger charge is -2.46. The van der Waals surface area contributed by atoms with Crippen LogP contribution in [0.2, 0.25) is 5.02 Å². The predicted molar refractivity (Wildman–Crippen MR) is 200 cm³/mol. The van der Waals surface area contributed by atoms with Gasteiger partial charge in [0.25, 0.3) is 5.91 Å². The number of allylic oxidation sites excluding steroid dienone is 2.